The van der Waals surface area contributed by atoms with Gasteiger partial charge in [0.25, 0.3) is 0 Å². The standard InChI is InChI=1S/C13H21IN2O/c1-13(2,17-3)9-8-12(16-15)10-4-6-11(14)7-5-10/h4-7,12,16H,8-9,15H2,1-3H3. The molecule has 3 nitrogen and oxygen atoms in total. The summed E-state index contributed by atoms with van der Waals surface area (Å²) >= 11 is 2.30. The first-order chi connectivity index (χ1) is 7.98. The van der Waals surface area contributed by atoms with Crippen LogP contribution in [-0.4, -0.2) is 12.7 Å². The number of methoxy groups -OCH3 is 1. The summed E-state index contributed by atoms with van der Waals surface area (Å²) in [7, 11) is 1.75. The molecule has 96 valence electrons. The van der Waals surface area contributed by atoms with Gasteiger partial charge in [-0.05, 0) is 67.0 Å². The molecule has 0 aromatic heterocycles. The highest BCUT2D eigenvalue weighted by molar-refractivity contribution is 14.1. The van der Waals surface area contributed by atoms with Crippen molar-refractivity contribution in [1.29, 1.82) is 0 Å². The molecule has 0 aliphatic rings. The quantitative estimate of drug-likeness (QED) is 0.472. The van der Waals surface area contributed by atoms with E-state index in [2.05, 4.69) is 66.1 Å². The molecule has 1 aromatic carbocycles. The minimum absolute atomic E-state index is 0.0989. The maximum Gasteiger partial charge on any atom is 0.0623 e. The van der Waals surface area contributed by atoms with E-state index in [9.17, 15) is 0 Å². The van der Waals surface area contributed by atoms with Crippen molar-refractivity contribution < 1.29 is 4.74 Å². The third-order valence-corrected chi connectivity index (χ3v) is 3.78. The second-order valence-corrected chi connectivity index (χ2v) is 6.02. The van der Waals surface area contributed by atoms with Gasteiger partial charge in [-0.15, -0.1) is 0 Å². The van der Waals surface area contributed by atoms with Crippen molar-refractivity contribution >= 4 is 22.6 Å². The van der Waals surface area contributed by atoms with Gasteiger partial charge >= 0.3 is 0 Å². The molecule has 17 heavy (non-hydrogen) atoms. The van der Waals surface area contributed by atoms with Gasteiger partial charge in [-0.3, -0.25) is 11.3 Å². The predicted molar refractivity (Wildman–Crippen MR) is 79.5 cm³/mol. The number of rotatable bonds is 6. The first-order valence-corrected chi connectivity index (χ1v) is 6.83. The lowest BCUT2D eigenvalue weighted by molar-refractivity contribution is 0.0117. The smallest absolute Gasteiger partial charge is 0.0623 e. The van der Waals surface area contributed by atoms with Gasteiger partial charge in [0, 0.05) is 16.7 Å². The zero-order valence-electron chi connectivity index (χ0n) is 10.7. The molecule has 1 rings (SSSR count). The number of ether oxygens (including phenoxy) is 1. The van der Waals surface area contributed by atoms with Crippen LogP contribution >= 0.6 is 22.6 Å². The fourth-order valence-electron chi connectivity index (χ4n) is 1.64. The van der Waals surface area contributed by atoms with Crippen LogP contribution in [0.15, 0.2) is 24.3 Å². The van der Waals surface area contributed by atoms with Crippen LogP contribution in [0.5, 0.6) is 0 Å². The summed E-state index contributed by atoms with van der Waals surface area (Å²) in [6.45, 7) is 4.18. The molecule has 0 radical (unpaired) electrons. The second kappa shape index (κ2) is 6.68. The van der Waals surface area contributed by atoms with Crippen molar-refractivity contribution in [2.75, 3.05) is 7.11 Å². The molecular formula is C13H21IN2O. The van der Waals surface area contributed by atoms with E-state index in [-0.39, 0.29) is 11.6 Å². The summed E-state index contributed by atoms with van der Waals surface area (Å²) in [4.78, 5) is 0. The average molecular weight is 348 g/mol. The molecular weight excluding hydrogens is 327 g/mol. The van der Waals surface area contributed by atoms with Crippen molar-refractivity contribution in [3.8, 4) is 0 Å². The molecule has 0 heterocycles. The highest BCUT2D eigenvalue weighted by atomic mass is 127. The van der Waals surface area contributed by atoms with Gasteiger partial charge < -0.3 is 4.74 Å². The number of hydrazine groups is 1. The third-order valence-electron chi connectivity index (χ3n) is 3.06. The van der Waals surface area contributed by atoms with E-state index in [1.54, 1.807) is 7.11 Å². The first kappa shape index (κ1) is 14.9. The number of hydrogen-bond acceptors (Lipinski definition) is 3. The van der Waals surface area contributed by atoms with Gasteiger partial charge in [0.1, 0.15) is 0 Å². The van der Waals surface area contributed by atoms with Crippen molar-refractivity contribution in [2.24, 2.45) is 5.84 Å². The molecule has 3 N–H and O–H groups in total. The van der Waals surface area contributed by atoms with Gasteiger partial charge in [-0.2, -0.15) is 0 Å². The Morgan fingerprint density at radius 1 is 1.35 bits per heavy atom. The monoisotopic (exact) mass is 348 g/mol. The van der Waals surface area contributed by atoms with Crippen molar-refractivity contribution in [1.82, 2.24) is 5.43 Å². The molecule has 4 heteroatoms. The highest BCUT2D eigenvalue weighted by Gasteiger charge is 2.19. The van der Waals surface area contributed by atoms with Gasteiger partial charge in [0.15, 0.2) is 0 Å². The maximum absolute atomic E-state index is 5.62. The van der Waals surface area contributed by atoms with Crippen LogP contribution in [0, 0.1) is 3.57 Å². The van der Waals surface area contributed by atoms with Gasteiger partial charge in [0.2, 0.25) is 0 Å². The van der Waals surface area contributed by atoms with Crippen LogP contribution < -0.4 is 11.3 Å². The largest absolute Gasteiger partial charge is 0.379 e. The molecule has 0 aliphatic carbocycles. The van der Waals surface area contributed by atoms with Crippen LogP contribution in [0.2, 0.25) is 0 Å². The maximum atomic E-state index is 5.62. The van der Waals surface area contributed by atoms with Crippen molar-refractivity contribution in [2.45, 2.75) is 38.3 Å². The van der Waals surface area contributed by atoms with Crippen LogP contribution in [-0.2, 0) is 4.74 Å². The zero-order chi connectivity index (χ0) is 12.9. The Bertz CT molecular complexity index is 338. The summed E-state index contributed by atoms with van der Waals surface area (Å²) in [6.07, 6.45) is 1.92. The van der Waals surface area contributed by atoms with Gasteiger partial charge in [-0.1, -0.05) is 12.1 Å². The average Bonchev–Trinajstić information content (AvgIpc) is 2.32. The summed E-state index contributed by atoms with van der Waals surface area (Å²) < 4.78 is 6.65. The molecule has 0 fully saturated rings. The predicted octanol–water partition coefficient (Wildman–Crippen LogP) is 3.00. The molecule has 0 saturated heterocycles. The Morgan fingerprint density at radius 2 is 1.94 bits per heavy atom. The minimum Gasteiger partial charge on any atom is -0.379 e. The summed E-state index contributed by atoms with van der Waals surface area (Å²) in [5, 5.41) is 0. The van der Waals surface area contributed by atoms with E-state index in [1.807, 2.05) is 0 Å². The number of nitrogens with one attached hydrogen (secondary N) is 1. The number of benzene rings is 1. The van der Waals surface area contributed by atoms with Crippen molar-refractivity contribution in [3.05, 3.63) is 33.4 Å². The minimum atomic E-state index is -0.0989. The highest BCUT2D eigenvalue weighted by Crippen LogP contribution is 2.24. The van der Waals surface area contributed by atoms with E-state index in [1.165, 1.54) is 9.13 Å². The summed E-state index contributed by atoms with van der Waals surface area (Å²) in [6, 6.07) is 8.61. The van der Waals surface area contributed by atoms with E-state index in [0.717, 1.165) is 12.8 Å². The van der Waals surface area contributed by atoms with Crippen LogP contribution in [0.4, 0.5) is 0 Å². The number of halogens is 1. The Labute approximate surface area is 117 Å². The van der Waals surface area contributed by atoms with E-state index < -0.39 is 0 Å². The van der Waals surface area contributed by atoms with Crippen molar-refractivity contribution in [3.63, 3.8) is 0 Å². The third kappa shape index (κ3) is 4.91. The normalized spacial score (nSPS) is 13.7. The molecule has 1 atom stereocenters. The topological polar surface area (TPSA) is 47.3 Å². The lowest BCUT2D eigenvalue weighted by Gasteiger charge is -2.25. The van der Waals surface area contributed by atoms with Crippen LogP contribution in [0.25, 0.3) is 0 Å². The lowest BCUT2D eigenvalue weighted by atomic mass is 9.95. The van der Waals surface area contributed by atoms with Gasteiger partial charge in [0.05, 0.1) is 5.60 Å². The molecule has 0 amide bonds. The zero-order valence-corrected chi connectivity index (χ0v) is 12.8. The number of hydrogen-bond donors (Lipinski definition) is 2. The molecule has 0 bridgehead atoms. The SMILES string of the molecule is COC(C)(C)CCC(NN)c1ccc(I)cc1. The molecule has 1 unspecified atom stereocenters. The molecule has 0 saturated carbocycles. The Morgan fingerprint density at radius 3 is 2.41 bits per heavy atom. The Kier molecular flexibility index (Phi) is 5.85. The van der Waals surface area contributed by atoms with E-state index >= 15 is 0 Å². The van der Waals surface area contributed by atoms with Crippen LogP contribution in [0.3, 0.4) is 0 Å². The first-order valence-electron chi connectivity index (χ1n) is 5.75. The Balaban J connectivity index is 2.63. The van der Waals surface area contributed by atoms with Gasteiger partial charge in [-0.25, -0.2) is 0 Å². The van der Waals surface area contributed by atoms with E-state index in [4.69, 9.17) is 10.6 Å². The second-order valence-electron chi connectivity index (χ2n) is 4.77. The summed E-state index contributed by atoms with van der Waals surface area (Å²) in [5.41, 5.74) is 4.00. The summed E-state index contributed by atoms with van der Waals surface area (Å²) in [5.74, 6) is 5.62. The molecule has 1 aromatic rings. The fraction of sp³-hybridized carbons (Fsp3) is 0.538. The fourth-order valence-corrected chi connectivity index (χ4v) is 1.99. The number of nitrogens with two attached hydrogens (primary N) is 1. The lowest BCUT2D eigenvalue weighted by Crippen LogP contribution is -2.31. The molecule has 0 spiro atoms. The van der Waals surface area contributed by atoms with Crippen LogP contribution in [0.1, 0.15) is 38.3 Å². The Hall–Kier alpha value is -0.170. The molecule has 0 aliphatic heterocycles. The van der Waals surface area contributed by atoms with E-state index in [0.29, 0.717) is 0 Å².